The molecule has 0 saturated carbocycles. The molecule has 0 fully saturated rings. The van der Waals surface area contributed by atoms with Crippen molar-refractivity contribution in [2.75, 3.05) is 9.80 Å². The molecular weight excluding hydrogens is 806 g/mol. The van der Waals surface area contributed by atoms with E-state index in [9.17, 15) is 5.26 Å². The maximum Gasteiger partial charge on any atom is 0.148 e. The number of hydrogen-bond donors (Lipinski definition) is 0. The summed E-state index contributed by atoms with van der Waals surface area (Å²) in [4.78, 5) is 4.35. The smallest absolute Gasteiger partial charge is 0.148 e. The standard InChI is InChI=1S/C62H44FN3/c1-62(2)56-38-46(31-36-54(56)60-53-26-16-15-25-52(53)59(40-57(60)62)65(48-21-11-5-12-22-48)50-32-27-42(41-64)28-33-50)44-29-34-51(35-30-44)66(49-23-13-6-14-24-49)61-55(45-19-9-4-10-20-45)37-47(39-58(61)63)43-17-7-3-8-18-43/h3-40H,1-2H3. The molecule has 0 atom stereocenters. The average molecular weight is 850 g/mol. The first-order valence-corrected chi connectivity index (χ1v) is 22.3. The van der Waals surface area contributed by atoms with E-state index in [0.717, 1.165) is 67.2 Å². The summed E-state index contributed by atoms with van der Waals surface area (Å²) in [6.45, 7) is 4.66. The molecule has 0 saturated heterocycles. The number of nitriles is 1. The Bertz CT molecular complexity index is 3430. The van der Waals surface area contributed by atoms with Crippen LogP contribution in [0.4, 0.5) is 38.5 Å². The predicted molar refractivity (Wildman–Crippen MR) is 272 cm³/mol. The van der Waals surface area contributed by atoms with E-state index in [1.165, 1.54) is 27.6 Å². The van der Waals surface area contributed by atoms with Crippen molar-refractivity contribution in [1.82, 2.24) is 0 Å². The van der Waals surface area contributed by atoms with Gasteiger partial charge in [-0.3, -0.25) is 0 Å². The van der Waals surface area contributed by atoms with Crippen LogP contribution >= 0.6 is 0 Å². The second kappa shape index (κ2) is 16.6. The molecule has 10 aromatic rings. The zero-order valence-electron chi connectivity index (χ0n) is 36.7. The Kier molecular flexibility index (Phi) is 10.1. The van der Waals surface area contributed by atoms with E-state index in [2.05, 4.69) is 128 Å². The maximum absolute atomic E-state index is 17.1. The van der Waals surface area contributed by atoms with Crippen molar-refractivity contribution in [1.29, 1.82) is 5.26 Å². The Morgan fingerprint density at radius 2 is 0.909 bits per heavy atom. The Morgan fingerprint density at radius 3 is 1.55 bits per heavy atom. The molecule has 66 heavy (non-hydrogen) atoms. The molecule has 4 heteroatoms. The summed E-state index contributed by atoms with van der Waals surface area (Å²) in [5.74, 6) is -0.303. The van der Waals surface area contributed by atoms with Gasteiger partial charge >= 0.3 is 0 Å². The van der Waals surface area contributed by atoms with Gasteiger partial charge in [-0.15, -0.1) is 0 Å². The van der Waals surface area contributed by atoms with Gasteiger partial charge in [0.25, 0.3) is 0 Å². The minimum Gasteiger partial charge on any atom is -0.310 e. The molecule has 0 aromatic heterocycles. The van der Waals surface area contributed by atoms with E-state index in [-0.39, 0.29) is 11.2 Å². The molecule has 1 aliphatic carbocycles. The monoisotopic (exact) mass is 849 g/mol. The first-order valence-electron chi connectivity index (χ1n) is 22.3. The topological polar surface area (TPSA) is 30.3 Å². The van der Waals surface area contributed by atoms with E-state index in [4.69, 9.17) is 0 Å². The van der Waals surface area contributed by atoms with Crippen LogP contribution in [-0.2, 0) is 5.41 Å². The van der Waals surface area contributed by atoms with Crippen LogP contribution in [0, 0.1) is 17.1 Å². The van der Waals surface area contributed by atoms with Crippen molar-refractivity contribution in [3.8, 4) is 50.6 Å². The summed E-state index contributed by atoms with van der Waals surface area (Å²) >= 11 is 0. The minimum atomic E-state index is -0.326. The summed E-state index contributed by atoms with van der Waals surface area (Å²) < 4.78 is 17.1. The number of anilines is 6. The zero-order valence-corrected chi connectivity index (χ0v) is 36.7. The van der Waals surface area contributed by atoms with Gasteiger partial charge in [0.2, 0.25) is 0 Å². The van der Waals surface area contributed by atoms with Gasteiger partial charge in [0.05, 0.1) is 23.0 Å². The van der Waals surface area contributed by atoms with E-state index in [1.54, 1.807) is 6.07 Å². The van der Waals surface area contributed by atoms with E-state index in [0.29, 0.717) is 11.3 Å². The molecule has 0 amide bonds. The number of rotatable bonds is 9. The lowest BCUT2D eigenvalue weighted by molar-refractivity contribution is 0.630. The first kappa shape index (κ1) is 40.3. The zero-order chi connectivity index (χ0) is 44.8. The molecule has 0 N–H and O–H groups in total. The van der Waals surface area contributed by atoms with Gasteiger partial charge in [-0.05, 0) is 140 Å². The van der Waals surface area contributed by atoms with Gasteiger partial charge in [0, 0.05) is 39.1 Å². The van der Waals surface area contributed by atoms with Crippen molar-refractivity contribution in [2.24, 2.45) is 0 Å². The fraction of sp³-hybridized carbons (Fsp3) is 0.0484. The molecule has 0 aliphatic heterocycles. The van der Waals surface area contributed by atoms with Gasteiger partial charge in [0.15, 0.2) is 0 Å². The Hall–Kier alpha value is -8.52. The summed E-state index contributed by atoms with van der Waals surface area (Å²) in [5.41, 5.74) is 16.4. The number of para-hydroxylation sites is 2. The summed E-state index contributed by atoms with van der Waals surface area (Å²) in [6, 6.07) is 81.0. The van der Waals surface area contributed by atoms with Gasteiger partial charge in [-0.2, -0.15) is 5.26 Å². The molecule has 0 spiro atoms. The fourth-order valence-corrected chi connectivity index (χ4v) is 9.87. The van der Waals surface area contributed by atoms with Crippen LogP contribution in [0.25, 0.3) is 55.3 Å². The van der Waals surface area contributed by atoms with Crippen LogP contribution in [0.3, 0.4) is 0 Å². The van der Waals surface area contributed by atoms with Crippen molar-refractivity contribution < 1.29 is 4.39 Å². The lowest BCUT2D eigenvalue weighted by Crippen LogP contribution is -2.17. The van der Waals surface area contributed by atoms with E-state index in [1.807, 2.05) is 126 Å². The van der Waals surface area contributed by atoms with Crippen LogP contribution in [0.1, 0.15) is 30.5 Å². The van der Waals surface area contributed by atoms with Crippen LogP contribution < -0.4 is 9.80 Å². The second-order valence-electron chi connectivity index (χ2n) is 17.4. The highest BCUT2D eigenvalue weighted by Gasteiger charge is 2.38. The Morgan fingerprint density at radius 1 is 0.409 bits per heavy atom. The lowest BCUT2D eigenvalue weighted by atomic mass is 9.81. The van der Waals surface area contributed by atoms with E-state index < -0.39 is 0 Å². The van der Waals surface area contributed by atoms with Crippen molar-refractivity contribution in [3.05, 3.63) is 253 Å². The molecule has 1 aliphatic rings. The van der Waals surface area contributed by atoms with Gasteiger partial charge < -0.3 is 9.80 Å². The molecule has 3 nitrogen and oxygen atoms in total. The molecule has 0 bridgehead atoms. The SMILES string of the molecule is CC1(C)c2cc(-c3ccc(N(c4ccccc4)c4c(F)cc(-c5ccccc5)cc4-c4ccccc4)cc3)ccc2-c2c1cc(N(c1ccccc1)c1ccc(C#N)cc1)c1ccccc21. The third kappa shape index (κ3) is 6.99. The molecule has 11 rings (SSSR count). The molecular formula is C62H44FN3. The molecule has 10 aromatic carbocycles. The van der Waals surface area contributed by atoms with E-state index >= 15 is 4.39 Å². The minimum absolute atomic E-state index is 0.303. The quantitative estimate of drug-likeness (QED) is 0.145. The third-order valence-corrected chi connectivity index (χ3v) is 13.1. The Labute approximate surface area is 385 Å². The van der Waals surface area contributed by atoms with Crippen LogP contribution in [0.5, 0.6) is 0 Å². The van der Waals surface area contributed by atoms with Crippen LogP contribution in [0.2, 0.25) is 0 Å². The third-order valence-electron chi connectivity index (χ3n) is 13.1. The second-order valence-corrected chi connectivity index (χ2v) is 17.4. The van der Waals surface area contributed by atoms with Gasteiger partial charge in [-0.1, -0.05) is 159 Å². The van der Waals surface area contributed by atoms with Crippen LogP contribution in [0.15, 0.2) is 231 Å². The lowest BCUT2D eigenvalue weighted by Gasteiger charge is -2.30. The van der Waals surface area contributed by atoms with Gasteiger partial charge in [-0.25, -0.2) is 4.39 Å². The van der Waals surface area contributed by atoms with Gasteiger partial charge in [0.1, 0.15) is 5.82 Å². The fourth-order valence-electron chi connectivity index (χ4n) is 9.87. The van der Waals surface area contributed by atoms with Crippen LogP contribution in [-0.4, -0.2) is 0 Å². The number of hydrogen-bond acceptors (Lipinski definition) is 3. The molecule has 0 unspecified atom stereocenters. The summed E-state index contributed by atoms with van der Waals surface area (Å²) in [7, 11) is 0. The van der Waals surface area contributed by atoms with Crippen molar-refractivity contribution >= 4 is 44.9 Å². The first-order chi connectivity index (χ1) is 32.4. The van der Waals surface area contributed by atoms with Crippen molar-refractivity contribution in [2.45, 2.75) is 19.3 Å². The molecule has 314 valence electrons. The number of benzene rings is 10. The average Bonchev–Trinajstić information content (AvgIpc) is 3.61. The predicted octanol–water partition coefficient (Wildman–Crippen LogP) is 17.1. The highest BCUT2D eigenvalue weighted by atomic mass is 19.1. The normalized spacial score (nSPS) is 12.3. The highest BCUT2D eigenvalue weighted by molar-refractivity contribution is 6.10. The maximum atomic E-state index is 17.1. The summed E-state index contributed by atoms with van der Waals surface area (Å²) in [6.07, 6.45) is 0. The highest BCUT2D eigenvalue weighted by Crippen LogP contribution is 2.55. The number of halogens is 1. The largest absolute Gasteiger partial charge is 0.310 e. The summed E-state index contributed by atoms with van der Waals surface area (Å²) in [5, 5.41) is 12.0. The Balaban J connectivity index is 1.01. The molecule has 0 heterocycles. The number of nitrogens with zero attached hydrogens (tertiary/aromatic N) is 3. The molecule has 0 radical (unpaired) electrons. The van der Waals surface area contributed by atoms with Crippen molar-refractivity contribution in [3.63, 3.8) is 0 Å². The number of fused-ring (bicyclic) bond motifs is 5.